The van der Waals surface area contributed by atoms with Gasteiger partial charge in [-0.1, -0.05) is 42.5 Å². The van der Waals surface area contributed by atoms with E-state index in [4.69, 9.17) is 0 Å². The number of aliphatic hydroxyl groups is 1. The zero-order valence-electron chi connectivity index (χ0n) is 17.1. The third-order valence-corrected chi connectivity index (χ3v) is 6.70. The van der Waals surface area contributed by atoms with Gasteiger partial charge in [0, 0.05) is 41.4 Å². The smallest absolute Gasteiger partial charge is 0.195 e. The van der Waals surface area contributed by atoms with Crippen molar-refractivity contribution >= 4 is 39.8 Å². The van der Waals surface area contributed by atoms with Gasteiger partial charge in [-0.15, -0.1) is 11.3 Å². The van der Waals surface area contributed by atoms with Crippen molar-refractivity contribution in [1.29, 1.82) is 0 Å². The largest absolute Gasteiger partial charge is 0.389 e. The van der Waals surface area contributed by atoms with E-state index in [1.54, 1.807) is 6.08 Å². The summed E-state index contributed by atoms with van der Waals surface area (Å²) in [6.45, 7) is 2.05. The molecule has 1 N–H and O–H groups in total. The second-order valence-electron chi connectivity index (χ2n) is 7.91. The van der Waals surface area contributed by atoms with Gasteiger partial charge in [0.1, 0.15) is 0 Å². The van der Waals surface area contributed by atoms with Gasteiger partial charge in [-0.25, -0.2) is 0 Å². The Morgan fingerprint density at radius 3 is 2.77 bits per heavy atom. The van der Waals surface area contributed by atoms with Crippen LogP contribution in [0, 0.1) is 0 Å². The average molecular weight is 429 g/mol. The standard InChI is InChI=1S/C26H24N2O2S/c29-21(17-27-14-13-19-6-1-3-8-23(19)27)18-28-16-20(22-7-2-4-9-24(22)28)11-12-25(30)26-10-5-15-31-26/h1-12,15-16,21,29H,13-14,17-18H2. The highest BCUT2D eigenvalue weighted by Crippen LogP contribution is 2.28. The van der Waals surface area contributed by atoms with Gasteiger partial charge in [0.25, 0.3) is 0 Å². The van der Waals surface area contributed by atoms with E-state index in [1.165, 1.54) is 22.6 Å². The molecule has 1 atom stereocenters. The first-order valence-electron chi connectivity index (χ1n) is 10.5. The minimum absolute atomic E-state index is 0.0135. The van der Waals surface area contributed by atoms with Crippen LogP contribution in [0.1, 0.15) is 20.8 Å². The number of carbonyl (C=O) groups excluding carboxylic acids is 1. The number of carbonyl (C=O) groups is 1. The second-order valence-corrected chi connectivity index (χ2v) is 8.86. The number of aromatic nitrogens is 1. The van der Waals surface area contributed by atoms with Crippen molar-refractivity contribution in [1.82, 2.24) is 4.57 Å². The lowest BCUT2D eigenvalue weighted by atomic mass is 10.1. The van der Waals surface area contributed by atoms with E-state index >= 15 is 0 Å². The van der Waals surface area contributed by atoms with Crippen LogP contribution >= 0.6 is 11.3 Å². The number of hydrogen-bond donors (Lipinski definition) is 1. The molecule has 3 heterocycles. The second kappa shape index (κ2) is 8.53. The topological polar surface area (TPSA) is 45.5 Å². The number of ketones is 1. The third-order valence-electron chi connectivity index (χ3n) is 5.82. The highest BCUT2D eigenvalue weighted by Gasteiger charge is 2.21. The molecule has 1 unspecified atom stereocenters. The summed E-state index contributed by atoms with van der Waals surface area (Å²) in [4.78, 5) is 15.4. The molecule has 0 radical (unpaired) electrons. The van der Waals surface area contributed by atoms with Gasteiger partial charge in [0.05, 0.1) is 17.5 Å². The molecule has 31 heavy (non-hydrogen) atoms. The zero-order valence-corrected chi connectivity index (χ0v) is 18.0. The quantitative estimate of drug-likeness (QED) is 0.332. The molecule has 0 amide bonds. The summed E-state index contributed by atoms with van der Waals surface area (Å²) in [6.07, 6.45) is 6.08. The van der Waals surface area contributed by atoms with Crippen molar-refractivity contribution in [2.45, 2.75) is 19.1 Å². The number of anilines is 1. The lowest BCUT2D eigenvalue weighted by molar-refractivity contribution is 0.105. The molecule has 4 aromatic rings. The number of hydrogen-bond acceptors (Lipinski definition) is 4. The zero-order chi connectivity index (χ0) is 21.2. The number of β-amino-alcohol motifs (C(OH)–C–C–N with tert-alkyl or cyclic N) is 1. The van der Waals surface area contributed by atoms with Crippen molar-refractivity contribution in [2.75, 3.05) is 18.0 Å². The molecule has 5 heteroatoms. The third kappa shape index (κ3) is 4.07. The molecule has 2 aromatic heterocycles. The van der Waals surface area contributed by atoms with Crippen LogP contribution < -0.4 is 4.90 Å². The number of nitrogens with zero attached hydrogens (tertiary/aromatic N) is 2. The van der Waals surface area contributed by atoms with Crippen molar-refractivity contribution in [3.63, 3.8) is 0 Å². The molecule has 1 aliphatic heterocycles. The lowest BCUT2D eigenvalue weighted by Crippen LogP contribution is -2.33. The van der Waals surface area contributed by atoms with E-state index in [9.17, 15) is 9.90 Å². The van der Waals surface area contributed by atoms with E-state index in [1.807, 2.05) is 41.9 Å². The molecule has 1 aliphatic rings. The Balaban J connectivity index is 1.35. The van der Waals surface area contributed by atoms with Crippen LogP contribution in [0.5, 0.6) is 0 Å². The van der Waals surface area contributed by atoms with E-state index in [0.717, 1.165) is 34.3 Å². The Labute approximate surface area is 185 Å². The highest BCUT2D eigenvalue weighted by atomic mass is 32.1. The fraction of sp³-hybridized carbons (Fsp3) is 0.192. The van der Waals surface area contributed by atoms with Crippen LogP contribution in [0.15, 0.2) is 78.3 Å². The fourth-order valence-corrected chi connectivity index (χ4v) is 5.01. The molecule has 0 aliphatic carbocycles. The first kappa shape index (κ1) is 19.8. The van der Waals surface area contributed by atoms with Crippen LogP contribution in [0.2, 0.25) is 0 Å². The summed E-state index contributed by atoms with van der Waals surface area (Å²) in [5.41, 5.74) is 4.63. The number of fused-ring (bicyclic) bond motifs is 2. The molecular formula is C26H24N2O2S. The Kier molecular flexibility index (Phi) is 5.45. The Bertz CT molecular complexity index is 1240. The molecule has 5 rings (SSSR count). The van der Waals surface area contributed by atoms with Crippen molar-refractivity contribution in [2.24, 2.45) is 0 Å². The van der Waals surface area contributed by atoms with E-state index in [2.05, 4.69) is 45.9 Å². The van der Waals surface area contributed by atoms with Crippen LogP contribution in [-0.4, -0.2) is 34.7 Å². The number of rotatable bonds is 7. The molecule has 0 bridgehead atoms. The van der Waals surface area contributed by atoms with Gasteiger partial charge in [-0.05, 0) is 47.7 Å². The van der Waals surface area contributed by atoms with Crippen LogP contribution in [0.4, 0.5) is 5.69 Å². The molecule has 0 saturated carbocycles. The first-order valence-corrected chi connectivity index (χ1v) is 11.4. The lowest BCUT2D eigenvalue weighted by Gasteiger charge is -2.23. The number of thiophene rings is 1. The van der Waals surface area contributed by atoms with Gasteiger partial charge < -0.3 is 14.6 Å². The normalized spacial score (nSPS) is 14.4. The number of benzene rings is 2. The number of aliphatic hydroxyl groups excluding tert-OH is 1. The summed E-state index contributed by atoms with van der Waals surface area (Å²) in [7, 11) is 0. The Hall–Kier alpha value is -3.15. The van der Waals surface area contributed by atoms with E-state index < -0.39 is 6.10 Å². The first-order chi connectivity index (χ1) is 15.2. The number of para-hydroxylation sites is 2. The van der Waals surface area contributed by atoms with E-state index in [-0.39, 0.29) is 5.78 Å². The molecule has 2 aromatic carbocycles. The SMILES string of the molecule is O=C(C=Cc1cn(CC(O)CN2CCc3ccccc32)c2ccccc12)c1cccs1. The summed E-state index contributed by atoms with van der Waals surface area (Å²) in [5, 5.41) is 13.9. The summed E-state index contributed by atoms with van der Waals surface area (Å²) >= 11 is 1.45. The highest BCUT2D eigenvalue weighted by molar-refractivity contribution is 7.12. The fourth-order valence-electron chi connectivity index (χ4n) is 4.36. The van der Waals surface area contributed by atoms with E-state index in [0.29, 0.717) is 13.1 Å². The predicted molar refractivity (Wildman–Crippen MR) is 128 cm³/mol. The maximum absolute atomic E-state index is 12.4. The maximum atomic E-state index is 12.4. The Morgan fingerprint density at radius 1 is 1.06 bits per heavy atom. The molecule has 0 spiro atoms. The predicted octanol–water partition coefficient (Wildman–Crippen LogP) is 5.02. The Morgan fingerprint density at radius 2 is 1.90 bits per heavy atom. The number of allylic oxidation sites excluding steroid dienone is 1. The molecule has 156 valence electrons. The maximum Gasteiger partial charge on any atom is 0.195 e. The molecule has 4 nitrogen and oxygen atoms in total. The minimum Gasteiger partial charge on any atom is -0.389 e. The summed E-state index contributed by atoms with van der Waals surface area (Å²) in [6, 6.07) is 20.3. The molecule has 0 saturated heterocycles. The van der Waals surface area contributed by atoms with Gasteiger partial charge in [0.2, 0.25) is 0 Å². The van der Waals surface area contributed by atoms with Crippen LogP contribution in [0.25, 0.3) is 17.0 Å². The van der Waals surface area contributed by atoms with Gasteiger partial charge >= 0.3 is 0 Å². The minimum atomic E-state index is -0.494. The van der Waals surface area contributed by atoms with Gasteiger partial charge in [-0.2, -0.15) is 0 Å². The van der Waals surface area contributed by atoms with Gasteiger partial charge in [0.15, 0.2) is 5.78 Å². The van der Waals surface area contributed by atoms with Crippen LogP contribution in [-0.2, 0) is 13.0 Å². The average Bonchev–Trinajstić information content (AvgIpc) is 3.53. The molecular weight excluding hydrogens is 404 g/mol. The van der Waals surface area contributed by atoms with Crippen LogP contribution in [0.3, 0.4) is 0 Å². The monoisotopic (exact) mass is 428 g/mol. The van der Waals surface area contributed by atoms with Crippen molar-refractivity contribution in [3.05, 3.63) is 94.3 Å². The van der Waals surface area contributed by atoms with Gasteiger partial charge in [-0.3, -0.25) is 4.79 Å². The summed E-state index contributed by atoms with van der Waals surface area (Å²) in [5.74, 6) is 0.0135. The summed E-state index contributed by atoms with van der Waals surface area (Å²) < 4.78 is 2.09. The van der Waals surface area contributed by atoms with Crippen molar-refractivity contribution in [3.8, 4) is 0 Å². The van der Waals surface area contributed by atoms with Crippen molar-refractivity contribution < 1.29 is 9.90 Å². The molecule has 0 fully saturated rings.